The maximum Gasteiger partial charge on any atom is 0.361 e. The fraction of sp³-hybridized carbons (Fsp3) is 0.118. The van der Waals surface area contributed by atoms with Gasteiger partial charge in [0.1, 0.15) is 6.61 Å². The molecule has 0 saturated heterocycles. The van der Waals surface area contributed by atoms with Crippen molar-refractivity contribution >= 4 is 17.6 Å². The van der Waals surface area contributed by atoms with Crippen molar-refractivity contribution in [1.82, 2.24) is 15.0 Å². The molecule has 0 unspecified atom stereocenters. The zero-order chi connectivity index (χ0) is 16.2. The van der Waals surface area contributed by atoms with Crippen molar-refractivity contribution in [2.75, 3.05) is 0 Å². The number of ether oxygens (including phenoxy) is 1. The van der Waals surface area contributed by atoms with Gasteiger partial charge in [0.25, 0.3) is 0 Å². The Kier molecular flexibility index (Phi) is 4.39. The molecule has 0 spiro atoms. The van der Waals surface area contributed by atoms with Crippen LogP contribution in [0.15, 0.2) is 54.6 Å². The van der Waals surface area contributed by atoms with Gasteiger partial charge in [0.2, 0.25) is 0 Å². The van der Waals surface area contributed by atoms with Crippen LogP contribution in [-0.4, -0.2) is 21.0 Å². The first kappa shape index (κ1) is 15.2. The lowest BCUT2D eigenvalue weighted by Gasteiger charge is -2.06. The molecule has 0 aliphatic carbocycles. The fourth-order valence-corrected chi connectivity index (χ4v) is 2.35. The van der Waals surface area contributed by atoms with Crippen molar-refractivity contribution in [3.63, 3.8) is 0 Å². The van der Waals surface area contributed by atoms with Crippen LogP contribution in [0.3, 0.4) is 0 Å². The van der Waals surface area contributed by atoms with Gasteiger partial charge in [-0.15, -0.1) is 5.10 Å². The number of carbonyl (C=O) groups is 1. The van der Waals surface area contributed by atoms with Crippen LogP contribution >= 0.6 is 11.6 Å². The second kappa shape index (κ2) is 6.62. The standard InChI is InChI=1S/C17H14ClN3O2/c1-12-16(19-20-21(12)14-8-3-2-4-9-14)17(22)23-11-13-7-5-6-10-15(13)18/h2-10H,11H2,1H3. The van der Waals surface area contributed by atoms with E-state index >= 15 is 0 Å². The van der Waals surface area contributed by atoms with Gasteiger partial charge in [-0.2, -0.15) is 0 Å². The number of esters is 1. The third-order valence-corrected chi connectivity index (χ3v) is 3.77. The minimum absolute atomic E-state index is 0.0934. The highest BCUT2D eigenvalue weighted by Crippen LogP contribution is 2.17. The molecule has 0 radical (unpaired) electrons. The predicted octanol–water partition coefficient (Wildman–Crippen LogP) is 3.59. The summed E-state index contributed by atoms with van der Waals surface area (Å²) < 4.78 is 6.89. The molecule has 1 aromatic heterocycles. The van der Waals surface area contributed by atoms with Gasteiger partial charge in [0.15, 0.2) is 5.69 Å². The molecule has 3 aromatic rings. The third kappa shape index (κ3) is 3.24. The molecule has 0 aliphatic rings. The fourth-order valence-electron chi connectivity index (χ4n) is 2.16. The molecule has 0 N–H and O–H groups in total. The predicted molar refractivity (Wildman–Crippen MR) is 86.7 cm³/mol. The average Bonchev–Trinajstić information content (AvgIpc) is 2.96. The molecule has 0 bridgehead atoms. The summed E-state index contributed by atoms with van der Waals surface area (Å²) in [5, 5.41) is 8.51. The zero-order valence-corrected chi connectivity index (χ0v) is 13.2. The van der Waals surface area contributed by atoms with Crippen molar-refractivity contribution in [2.24, 2.45) is 0 Å². The number of rotatable bonds is 4. The molecule has 23 heavy (non-hydrogen) atoms. The van der Waals surface area contributed by atoms with Crippen molar-refractivity contribution in [1.29, 1.82) is 0 Å². The Morgan fingerprint density at radius 1 is 1.13 bits per heavy atom. The number of benzene rings is 2. The molecular weight excluding hydrogens is 314 g/mol. The van der Waals surface area contributed by atoms with Gasteiger partial charge in [-0.25, -0.2) is 9.48 Å². The molecule has 2 aromatic carbocycles. The van der Waals surface area contributed by atoms with Crippen molar-refractivity contribution in [3.05, 3.63) is 76.6 Å². The van der Waals surface area contributed by atoms with E-state index in [0.29, 0.717) is 10.7 Å². The van der Waals surface area contributed by atoms with Crippen molar-refractivity contribution in [3.8, 4) is 5.69 Å². The van der Waals surface area contributed by atoms with E-state index in [1.165, 1.54) is 0 Å². The number of hydrogen-bond donors (Lipinski definition) is 0. The highest BCUT2D eigenvalue weighted by molar-refractivity contribution is 6.31. The molecule has 6 heteroatoms. The van der Waals surface area contributed by atoms with Gasteiger partial charge in [-0.3, -0.25) is 0 Å². The Bertz CT molecular complexity index is 831. The lowest BCUT2D eigenvalue weighted by atomic mass is 10.2. The largest absolute Gasteiger partial charge is 0.456 e. The first-order chi connectivity index (χ1) is 11.2. The highest BCUT2D eigenvalue weighted by atomic mass is 35.5. The maximum absolute atomic E-state index is 12.2. The minimum atomic E-state index is -0.524. The van der Waals surface area contributed by atoms with E-state index in [9.17, 15) is 4.79 Å². The molecule has 0 saturated carbocycles. The second-order valence-electron chi connectivity index (χ2n) is 4.94. The summed E-state index contributed by atoms with van der Waals surface area (Å²) in [4.78, 5) is 12.2. The molecule has 0 atom stereocenters. The highest BCUT2D eigenvalue weighted by Gasteiger charge is 2.19. The number of halogens is 1. The number of aromatic nitrogens is 3. The van der Waals surface area contributed by atoms with Crippen LogP contribution < -0.4 is 0 Å². The van der Waals surface area contributed by atoms with Gasteiger partial charge in [-0.1, -0.05) is 53.2 Å². The third-order valence-electron chi connectivity index (χ3n) is 3.41. The molecule has 1 heterocycles. The van der Waals surface area contributed by atoms with E-state index in [-0.39, 0.29) is 12.3 Å². The summed E-state index contributed by atoms with van der Waals surface area (Å²) in [6, 6.07) is 16.7. The average molecular weight is 328 g/mol. The van der Waals surface area contributed by atoms with E-state index in [4.69, 9.17) is 16.3 Å². The van der Waals surface area contributed by atoms with E-state index in [2.05, 4.69) is 10.3 Å². The lowest BCUT2D eigenvalue weighted by molar-refractivity contribution is 0.0465. The van der Waals surface area contributed by atoms with E-state index in [0.717, 1.165) is 11.3 Å². The van der Waals surface area contributed by atoms with Crippen LogP contribution in [0.2, 0.25) is 5.02 Å². The lowest BCUT2D eigenvalue weighted by Crippen LogP contribution is -2.08. The smallest absolute Gasteiger partial charge is 0.361 e. The Balaban J connectivity index is 1.76. The molecule has 0 fully saturated rings. The Hall–Kier alpha value is -2.66. The topological polar surface area (TPSA) is 57.0 Å². The minimum Gasteiger partial charge on any atom is -0.456 e. The van der Waals surface area contributed by atoms with Gasteiger partial charge in [0, 0.05) is 10.6 Å². The summed E-state index contributed by atoms with van der Waals surface area (Å²) >= 11 is 6.05. The van der Waals surface area contributed by atoms with E-state index < -0.39 is 5.97 Å². The number of nitrogens with zero attached hydrogens (tertiary/aromatic N) is 3. The molecule has 0 aliphatic heterocycles. The van der Waals surface area contributed by atoms with Crippen molar-refractivity contribution in [2.45, 2.75) is 13.5 Å². The molecule has 0 amide bonds. The summed E-state index contributed by atoms with van der Waals surface area (Å²) in [5.41, 5.74) is 2.40. The summed E-state index contributed by atoms with van der Waals surface area (Å²) in [5.74, 6) is -0.524. The normalized spacial score (nSPS) is 10.5. The Labute approximate surface area is 138 Å². The quantitative estimate of drug-likeness (QED) is 0.687. The van der Waals surface area contributed by atoms with Gasteiger partial charge >= 0.3 is 5.97 Å². The van der Waals surface area contributed by atoms with Gasteiger partial charge in [0.05, 0.1) is 11.4 Å². The summed E-state index contributed by atoms with van der Waals surface area (Å²) in [6.45, 7) is 1.87. The Morgan fingerprint density at radius 3 is 2.57 bits per heavy atom. The van der Waals surface area contributed by atoms with Crippen LogP contribution in [0.5, 0.6) is 0 Å². The number of para-hydroxylation sites is 1. The van der Waals surface area contributed by atoms with Crippen LogP contribution in [0.4, 0.5) is 0 Å². The van der Waals surface area contributed by atoms with Gasteiger partial charge in [-0.05, 0) is 25.1 Å². The van der Waals surface area contributed by atoms with Crippen LogP contribution in [0.25, 0.3) is 5.69 Å². The SMILES string of the molecule is Cc1c(C(=O)OCc2ccccc2Cl)nnn1-c1ccccc1. The summed E-state index contributed by atoms with van der Waals surface area (Å²) in [7, 11) is 0. The number of hydrogen-bond acceptors (Lipinski definition) is 4. The van der Waals surface area contributed by atoms with Gasteiger partial charge < -0.3 is 4.74 Å². The Morgan fingerprint density at radius 2 is 1.83 bits per heavy atom. The second-order valence-corrected chi connectivity index (χ2v) is 5.35. The molecular formula is C17H14ClN3O2. The first-order valence-electron chi connectivity index (χ1n) is 7.05. The molecule has 116 valence electrons. The first-order valence-corrected chi connectivity index (χ1v) is 7.43. The summed E-state index contributed by atoms with van der Waals surface area (Å²) in [6.07, 6.45) is 0. The van der Waals surface area contributed by atoms with Crippen LogP contribution in [0, 0.1) is 6.92 Å². The number of carbonyl (C=O) groups excluding carboxylic acids is 1. The molecule has 3 rings (SSSR count). The van der Waals surface area contributed by atoms with E-state index in [1.807, 2.05) is 48.5 Å². The monoisotopic (exact) mass is 327 g/mol. The maximum atomic E-state index is 12.2. The molecule has 5 nitrogen and oxygen atoms in total. The van der Waals surface area contributed by atoms with Crippen LogP contribution in [-0.2, 0) is 11.3 Å². The van der Waals surface area contributed by atoms with E-state index in [1.54, 1.807) is 17.7 Å². The zero-order valence-electron chi connectivity index (χ0n) is 12.4. The van der Waals surface area contributed by atoms with Crippen LogP contribution in [0.1, 0.15) is 21.7 Å². The van der Waals surface area contributed by atoms with Crippen molar-refractivity contribution < 1.29 is 9.53 Å².